The number of hydrogen-bond donors (Lipinski definition) is 1. The minimum Gasteiger partial charge on any atom is -0.324 e. The molecule has 0 heterocycles. The van der Waals surface area contributed by atoms with Crippen LogP contribution in [0.15, 0.2) is 47.4 Å². The maximum Gasteiger partial charge on any atom is 0.237 e. The Morgan fingerprint density at radius 2 is 1.74 bits per heavy atom. The number of aryl methyl sites for hydroxylation is 2. The molecule has 2 aromatic rings. The van der Waals surface area contributed by atoms with Crippen molar-refractivity contribution in [3.63, 3.8) is 0 Å². The summed E-state index contributed by atoms with van der Waals surface area (Å²) in [7, 11) is 0. The summed E-state index contributed by atoms with van der Waals surface area (Å²) in [5.41, 5.74) is 3.55. The molecular formula is C19H21NO2S. The van der Waals surface area contributed by atoms with E-state index in [9.17, 15) is 9.59 Å². The molecule has 1 amide bonds. The molecule has 23 heavy (non-hydrogen) atoms. The van der Waals surface area contributed by atoms with Crippen LogP contribution in [-0.4, -0.2) is 16.9 Å². The summed E-state index contributed by atoms with van der Waals surface area (Å²) in [5, 5.41) is 2.60. The number of ketones is 1. The lowest BCUT2D eigenvalue weighted by atomic mass is 10.1. The lowest BCUT2D eigenvalue weighted by Gasteiger charge is -2.14. The van der Waals surface area contributed by atoms with Crippen molar-refractivity contribution in [2.75, 3.05) is 5.32 Å². The molecule has 0 saturated carbocycles. The Labute approximate surface area is 141 Å². The molecule has 3 nitrogen and oxygen atoms in total. The molecule has 1 atom stereocenters. The van der Waals surface area contributed by atoms with E-state index in [4.69, 9.17) is 0 Å². The van der Waals surface area contributed by atoms with Gasteiger partial charge in [-0.25, -0.2) is 0 Å². The van der Waals surface area contributed by atoms with Crippen LogP contribution in [0.3, 0.4) is 0 Å². The highest BCUT2D eigenvalue weighted by Gasteiger charge is 2.17. The molecule has 1 N–H and O–H groups in total. The zero-order valence-electron chi connectivity index (χ0n) is 13.8. The minimum absolute atomic E-state index is 0.0598. The van der Waals surface area contributed by atoms with Gasteiger partial charge in [-0.15, -0.1) is 11.8 Å². The molecule has 0 aliphatic carbocycles. The molecule has 0 radical (unpaired) electrons. The fraction of sp³-hybridized carbons (Fsp3) is 0.263. The van der Waals surface area contributed by atoms with Crippen molar-refractivity contribution in [3.8, 4) is 0 Å². The molecule has 0 fully saturated rings. The van der Waals surface area contributed by atoms with E-state index in [1.165, 1.54) is 29.8 Å². The standard InChI is InChI=1S/C19H21NO2S/c1-12-9-10-16(11-13(12)2)23-15(4)19(22)20-18-8-6-5-7-17(18)14(3)21/h5-11,15H,1-4H3,(H,20,22). The van der Waals surface area contributed by atoms with E-state index in [-0.39, 0.29) is 16.9 Å². The number of amides is 1. The number of thioether (sulfide) groups is 1. The van der Waals surface area contributed by atoms with Crippen LogP contribution >= 0.6 is 11.8 Å². The van der Waals surface area contributed by atoms with Crippen molar-refractivity contribution in [1.82, 2.24) is 0 Å². The van der Waals surface area contributed by atoms with E-state index in [2.05, 4.69) is 31.3 Å². The van der Waals surface area contributed by atoms with Gasteiger partial charge >= 0.3 is 0 Å². The van der Waals surface area contributed by atoms with E-state index in [1.54, 1.807) is 18.2 Å². The second-order valence-electron chi connectivity index (χ2n) is 5.60. The van der Waals surface area contributed by atoms with Crippen LogP contribution in [0.25, 0.3) is 0 Å². The summed E-state index contributed by atoms with van der Waals surface area (Å²) >= 11 is 1.51. The second kappa shape index (κ2) is 7.47. The first-order valence-electron chi connectivity index (χ1n) is 7.53. The minimum atomic E-state index is -0.253. The molecule has 0 saturated heterocycles. The topological polar surface area (TPSA) is 46.2 Å². The normalized spacial score (nSPS) is 11.8. The number of Topliss-reactive ketones (excluding diaryl/α,β-unsaturated/α-hetero) is 1. The Morgan fingerprint density at radius 3 is 2.39 bits per heavy atom. The van der Waals surface area contributed by atoms with E-state index >= 15 is 0 Å². The van der Waals surface area contributed by atoms with Gasteiger partial charge in [-0.1, -0.05) is 18.2 Å². The Bertz CT molecular complexity index is 740. The van der Waals surface area contributed by atoms with Gasteiger partial charge in [0.2, 0.25) is 5.91 Å². The van der Waals surface area contributed by atoms with Crippen molar-refractivity contribution < 1.29 is 9.59 Å². The fourth-order valence-corrected chi connectivity index (χ4v) is 3.14. The summed E-state index contributed by atoms with van der Waals surface area (Å²) in [4.78, 5) is 25.1. The monoisotopic (exact) mass is 327 g/mol. The maximum absolute atomic E-state index is 12.4. The Morgan fingerprint density at radius 1 is 1.04 bits per heavy atom. The van der Waals surface area contributed by atoms with E-state index in [0.717, 1.165) is 4.90 Å². The van der Waals surface area contributed by atoms with Crippen molar-refractivity contribution in [2.24, 2.45) is 0 Å². The predicted molar refractivity (Wildman–Crippen MR) is 96.3 cm³/mol. The first-order chi connectivity index (χ1) is 10.9. The first-order valence-corrected chi connectivity index (χ1v) is 8.41. The van der Waals surface area contributed by atoms with Crippen molar-refractivity contribution in [1.29, 1.82) is 0 Å². The number of nitrogens with one attached hydrogen (secondary N) is 1. The van der Waals surface area contributed by atoms with Crippen LogP contribution in [0.5, 0.6) is 0 Å². The van der Waals surface area contributed by atoms with Crippen molar-refractivity contribution in [2.45, 2.75) is 37.8 Å². The number of rotatable bonds is 5. The van der Waals surface area contributed by atoms with Gasteiger partial charge in [0, 0.05) is 10.5 Å². The molecule has 4 heteroatoms. The van der Waals surface area contributed by atoms with E-state index in [1.807, 2.05) is 19.1 Å². The van der Waals surface area contributed by atoms with Crippen LogP contribution in [-0.2, 0) is 4.79 Å². The van der Waals surface area contributed by atoms with Gasteiger partial charge in [0.15, 0.2) is 5.78 Å². The van der Waals surface area contributed by atoms with Crippen LogP contribution in [0.4, 0.5) is 5.69 Å². The third kappa shape index (κ3) is 4.45. The first kappa shape index (κ1) is 17.3. The third-order valence-electron chi connectivity index (χ3n) is 3.72. The Balaban J connectivity index is 2.08. The van der Waals surface area contributed by atoms with Crippen molar-refractivity contribution >= 4 is 29.1 Å². The summed E-state index contributed by atoms with van der Waals surface area (Å²) < 4.78 is 0. The zero-order valence-corrected chi connectivity index (χ0v) is 14.7. The second-order valence-corrected chi connectivity index (χ2v) is 7.01. The highest BCUT2D eigenvalue weighted by Crippen LogP contribution is 2.26. The molecule has 0 aromatic heterocycles. The van der Waals surface area contributed by atoms with Crippen LogP contribution in [0.1, 0.15) is 35.3 Å². The Kier molecular flexibility index (Phi) is 5.61. The fourth-order valence-electron chi connectivity index (χ4n) is 2.18. The third-order valence-corrected chi connectivity index (χ3v) is 4.82. The number of carbonyl (C=O) groups is 2. The van der Waals surface area contributed by atoms with E-state index < -0.39 is 0 Å². The average Bonchev–Trinajstić information content (AvgIpc) is 2.51. The molecule has 2 aromatic carbocycles. The number of benzene rings is 2. The molecule has 1 unspecified atom stereocenters. The van der Waals surface area contributed by atoms with Gasteiger partial charge in [0.25, 0.3) is 0 Å². The predicted octanol–water partition coefficient (Wildman–Crippen LogP) is 4.63. The summed E-state index contributed by atoms with van der Waals surface area (Å²) in [6, 6.07) is 13.3. The number of anilines is 1. The lowest BCUT2D eigenvalue weighted by molar-refractivity contribution is -0.115. The average molecular weight is 327 g/mol. The molecule has 0 aliphatic heterocycles. The largest absolute Gasteiger partial charge is 0.324 e. The summed E-state index contributed by atoms with van der Waals surface area (Å²) in [6.07, 6.45) is 0. The summed E-state index contributed by atoms with van der Waals surface area (Å²) in [6.45, 7) is 7.50. The summed E-state index contributed by atoms with van der Waals surface area (Å²) in [5.74, 6) is -0.169. The smallest absolute Gasteiger partial charge is 0.237 e. The van der Waals surface area contributed by atoms with Crippen LogP contribution < -0.4 is 5.32 Å². The van der Waals surface area contributed by atoms with E-state index in [0.29, 0.717) is 11.3 Å². The van der Waals surface area contributed by atoms with Crippen LogP contribution in [0, 0.1) is 13.8 Å². The van der Waals surface area contributed by atoms with Gasteiger partial charge in [-0.3, -0.25) is 9.59 Å². The quantitative estimate of drug-likeness (QED) is 0.643. The van der Waals surface area contributed by atoms with Crippen LogP contribution in [0.2, 0.25) is 0 Å². The molecular weight excluding hydrogens is 306 g/mol. The molecule has 0 bridgehead atoms. The molecule has 120 valence electrons. The van der Waals surface area contributed by atoms with Gasteiger partial charge in [0.1, 0.15) is 0 Å². The van der Waals surface area contributed by atoms with Gasteiger partial charge in [-0.2, -0.15) is 0 Å². The maximum atomic E-state index is 12.4. The van der Waals surface area contributed by atoms with Gasteiger partial charge < -0.3 is 5.32 Å². The van der Waals surface area contributed by atoms with Gasteiger partial charge in [-0.05, 0) is 63.1 Å². The SMILES string of the molecule is CC(=O)c1ccccc1NC(=O)C(C)Sc1ccc(C)c(C)c1. The Hall–Kier alpha value is -2.07. The number of para-hydroxylation sites is 1. The zero-order chi connectivity index (χ0) is 17.0. The van der Waals surface area contributed by atoms with Gasteiger partial charge in [0.05, 0.1) is 10.9 Å². The van der Waals surface area contributed by atoms with Crippen molar-refractivity contribution in [3.05, 3.63) is 59.2 Å². The highest BCUT2D eigenvalue weighted by atomic mass is 32.2. The highest BCUT2D eigenvalue weighted by molar-refractivity contribution is 8.00. The molecule has 0 spiro atoms. The number of hydrogen-bond acceptors (Lipinski definition) is 3. The molecule has 0 aliphatic rings. The number of carbonyl (C=O) groups excluding carboxylic acids is 2. The lowest BCUT2D eigenvalue weighted by Crippen LogP contribution is -2.23. The molecule has 2 rings (SSSR count).